The molecule has 0 aliphatic carbocycles. The SMILES string of the molecule is CN(CC(=O)Nc1ccc(Cl)cc1)Cc1ccccc1Cl. The van der Waals surface area contributed by atoms with Gasteiger partial charge in [-0.1, -0.05) is 41.4 Å². The summed E-state index contributed by atoms with van der Waals surface area (Å²) in [5, 5.41) is 4.18. The highest BCUT2D eigenvalue weighted by Crippen LogP contribution is 2.16. The maximum atomic E-state index is 12.0. The third-order valence-electron chi connectivity index (χ3n) is 2.94. The first-order valence-electron chi connectivity index (χ1n) is 6.52. The molecule has 1 amide bonds. The Balaban J connectivity index is 1.87. The van der Waals surface area contributed by atoms with Gasteiger partial charge in [-0.15, -0.1) is 0 Å². The number of carbonyl (C=O) groups is 1. The van der Waals surface area contributed by atoms with Crippen molar-refractivity contribution in [2.45, 2.75) is 6.54 Å². The van der Waals surface area contributed by atoms with Gasteiger partial charge in [0.1, 0.15) is 0 Å². The largest absolute Gasteiger partial charge is 0.325 e. The fraction of sp³-hybridized carbons (Fsp3) is 0.188. The van der Waals surface area contributed by atoms with E-state index in [4.69, 9.17) is 23.2 Å². The second kappa shape index (κ2) is 7.46. The lowest BCUT2D eigenvalue weighted by Gasteiger charge is -2.17. The first kappa shape index (κ1) is 15.8. The highest BCUT2D eigenvalue weighted by atomic mass is 35.5. The zero-order valence-corrected chi connectivity index (χ0v) is 13.2. The number of amides is 1. The molecule has 3 nitrogen and oxygen atoms in total. The molecule has 0 fully saturated rings. The number of hydrogen-bond donors (Lipinski definition) is 1. The number of carbonyl (C=O) groups excluding carboxylic acids is 1. The zero-order chi connectivity index (χ0) is 15.2. The van der Waals surface area contributed by atoms with Crippen molar-refractivity contribution in [1.82, 2.24) is 4.90 Å². The molecule has 0 atom stereocenters. The molecule has 1 N–H and O–H groups in total. The molecule has 0 radical (unpaired) electrons. The standard InChI is InChI=1S/C16H16Cl2N2O/c1-20(10-12-4-2-3-5-15(12)18)11-16(21)19-14-8-6-13(17)7-9-14/h2-9H,10-11H2,1H3,(H,19,21). The normalized spacial score (nSPS) is 10.7. The van der Waals surface area contributed by atoms with Gasteiger partial charge in [0.2, 0.25) is 5.91 Å². The summed E-state index contributed by atoms with van der Waals surface area (Å²) in [7, 11) is 1.88. The highest BCUT2D eigenvalue weighted by Gasteiger charge is 2.09. The van der Waals surface area contributed by atoms with Crippen LogP contribution >= 0.6 is 23.2 Å². The van der Waals surface area contributed by atoms with Crippen molar-refractivity contribution >= 4 is 34.8 Å². The third-order valence-corrected chi connectivity index (χ3v) is 3.56. The van der Waals surface area contributed by atoms with Crippen LogP contribution in [0.4, 0.5) is 5.69 Å². The van der Waals surface area contributed by atoms with Crippen LogP contribution in [0.15, 0.2) is 48.5 Å². The van der Waals surface area contributed by atoms with Gasteiger partial charge in [0.25, 0.3) is 0 Å². The van der Waals surface area contributed by atoms with Gasteiger partial charge in [0, 0.05) is 22.3 Å². The first-order valence-corrected chi connectivity index (χ1v) is 7.27. The summed E-state index contributed by atoms with van der Waals surface area (Å²) in [6.07, 6.45) is 0. The highest BCUT2D eigenvalue weighted by molar-refractivity contribution is 6.31. The zero-order valence-electron chi connectivity index (χ0n) is 11.6. The van der Waals surface area contributed by atoms with E-state index in [9.17, 15) is 4.79 Å². The van der Waals surface area contributed by atoms with Crippen LogP contribution < -0.4 is 5.32 Å². The van der Waals surface area contributed by atoms with E-state index >= 15 is 0 Å². The van der Waals surface area contributed by atoms with Gasteiger partial charge in [0.15, 0.2) is 0 Å². The van der Waals surface area contributed by atoms with Crippen molar-refractivity contribution in [3.8, 4) is 0 Å². The summed E-state index contributed by atoms with van der Waals surface area (Å²) in [5.74, 6) is -0.0770. The minimum absolute atomic E-state index is 0.0770. The van der Waals surface area contributed by atoms with E-state index in [0.717, 1.165) is 11.3 Å². The molecular weight excluding hydrogens is 307 g/mol. The fourth-order valence-electron chi connectivity index (χ4n) is 1.95. The molecule has 21 heavy (non-hydrogen) atoms. The molecule has 2 rings (SSSR count). The number of nitrogens with one attached hydrogen (secondary N) is 1. The molecule has 0 saturated carbocycles. The number of halogens is 2. The smallest absolute Gasteiger partial charge is 0.238 e. The number of nitrogens with zero attached hydrogens (tertiary/aromatic N) is 1. The number of hydrogen-bond acceptors (Lipinski definition) is 2. The van der Waals surface area contributed by atoms with Crippen LogP contribution in [0, 0.1) is 0 Å². The van der Waals surface area contributed by atoms with Crippen molar-refractivity contribution in [2.75, 3.05) is 18.9 Å². The van der Waals surface area contributed by atoms with E-state index in [1.54, 1.807) is 24.3 Å². The average Bonchev–Trinajstić information content (AvgIpc) is 2.44. The molecule has 0 spiro atoms. The van der Waals surface area contributed by atoms with Crippen molar-refractivity contribution < 1.29 is 4.79 Å². The van der Waals surface area contributed by atoms with E-state index in [2.05, 4.69) is 5.32 Å². The predicted molar refractivity (Wildman–Crippen MR) is 87.9 cm³/mol. The summed E-state index contributed by atoms with van der Waals surface area (Å²) in [6, 6.07) is 14.6. The summed E-state index contributed by atoms with van der Waals surface area (Å²) in [6.45, 7) is 0.904. The number of anilines is 1. The van der Waals surface area contributed by atoms with E-state index in [1.807, 2.05) is 36.2 Å². The third kappa shape index (κ3) is 5.05. The minimum Gasteiger partial charge on any atom is -0.325 e. The number of benzene rings is 2. The Hall–Kier alpha value is -1.55. The van der Waals surface area contributed by atoms with Gasteiger partial charge in [-0.25, -0.2) is 0 Å². The van der Waals surface area contributed by atoms with Crippen LogP contribution in [0.5, 0.6) is 0 Å². The molecule has 0 aliphatic heterocycles. The second-order valence-corrected chi connectivity index (χ2v) is 5.66. The average molecular weight is 323 g/mol. The maximum Gasteiger partial charge on any atom is 0.238 e. The molecule has 0 saturated heterocycles. The molecular formula is C16H16Cl2N2O. The van der Waals surface area contributed by atoms with Gasteiger partial charge in [-0.05, 0) is 42.9 Å². The maximum absolute atomic E-state index is 12.0. The topological polar surface area (TPSA) is 32.3 Å². The second-order valence-electron chi connectivity index (χ2n) is 4.82. The van der Waals surface area contributed by atoms with Crippen molar-refractivity contribution in [1.29, 1.82) is 0 Å². The Morgan fingerprint density at radius 2 is 1.76 bits per heavy atom. The summed E-state index contributed by atoms with van der Waals surface area (Å²) < 4.78 is 0. The molecule has 0 aromatic heterocycles. The van der Waals surface area contributed by atoms with E-state index in [1.165, 1.54) is 0 Å². The van der Waals surface area contributed by atoms with E-state index < -0.39 is 0 Å². The monoisotopic (exact) mass is 322 g/mol. The fourth-order valence-corrected chi connectivity index (χ4v) is 2.27. The van der Waals surface area contributed by atoms with Crippen molar-refractivity contribution in [2.24, 2.45) is 0 Å². The Morgan fingerprint density at radius 3 is 2.43 bits per heavy atom. The predicted octanol–water partition coefficient (Wildman–Crippen LogP) is 4.06. The van der Waals surface area contributed by atoms with Crippen LogP contribution in [-0.2, 0) is 11.3 Å². The Bertz CT molecular complexity index is 614. The number of rotatable bonds is 5. The Kier molecular flexibility index (Phi) is 5.62. The lowest BCUT2D eigenvalue weighted by molar-refractivity contribution is -0.117. The van der Waals surface area contributed by atoms with Gasteiger partial charge >= 0.3 is 0 Å². The van der Waals surface area contributed by atoms with Crippen LogP contribution in [-0.4, -0.2) is 24.4 Å². The Morgan fingerprint density at radius 1 is 1.10 bits per heavy atom. The summed E-state index contributed by atoms with van der Waals surface area (Å²) in [4.78, 5) is 13.9. The van der Waals surface area contributed by atoms with E-state index in [0.29, 0.717) is 16.6 Å². The van der Waals surface area contributed by atoms with Crippen molar-refractivity contribution in [3.63, 3.8) is 0 Å². The molecule has 0 heterocycles. The van der Waals surface area contributed by atoms with Crippen LogP contribution in [0.25, 0.3) is 0 Å². The number of likely N-dealkylation sites (N-methyl/N-ethyl adjacent to an activating group) is 1. The molecule has 0 aliphatic rings. The minimum atomic E-state index is -0.0770. The lowest BCUT2D eigenvalue weighted by Crippen LogP contribution is -2.29. The van der Waals surface area contributed by atoms with Crippen LogP contribution in [0.2, 0.25) is 10.0 Å². The molecule has 0 unspecified atom stereocenters. The van der Waals surface area contributed by atoms with Gasteiger partial charge < -0.3 is 5.32 Å². The molecule has 110 valence electrons. The van der Waals surface area contributed by atoms with Gasteiger partial charge in [-0.3, -0.25) is 9.69 Å². The molecule has 2 aromatic rings. The quantitative estimate of drug-likeness (QED) is 0.900. The first-order chi connectivity index (χ1) is 10.0. The lowest BCUT2D eigenvalue weighted by atomic mass is 10.2. The molecule has 5 heteroatoms. The molecule has 0 bridgehead atoms. The summed E-state index contributed by atoms with van der Waals surface area (Å²) in [5.41, 5.74) is 1.73. The van der Waals surface area contributed by atoms with E-state index in [-0.39, 0.29) is 12.5 Å². The van der Waals surface area contributed by atoms with Gasteiger partial charge in [0.05, 0.1) is 6.54 Å². The van der Waals surface area contributed by atoms with Crippen LogP contribution in [0.1, 0.15) is 5.56 Å². The van der Waals surface area contributed by atoms with Gasteiger partial charge in [-0.2, -0.15) is 0 Å². The van der Waals surface area contributed by atoms with Crippen LogP contribution in [0.3, 0.4) is 0 Å². The van der Waals surface area contributed by atoms with Crippen molar-refractivity contribution in [3.05, 3.63) is 64.1 Å². The summed E-state index contributed by atoms with van der Waals surface area (Å²) >= 11 is 11.9. The molecule has 2 aromatic carbocycles. The Labute approximate surface area is 134 Å².